The van der Waals surface area contributed by atoms with E-state index in [1.54, 1.807) is 25.1 Å². The molecule has 1 aliphatic heterocycles. The topological polar surface area (TPSA) is 76.7 Å². The molecule has 1 fully saturated rings. The third-order valence-electron chi connectivity index (χ3n) is 5.77. The summed E-state index contributed by atoms with van der Waals surface area (Å²) in [7, 11) is 0. The van der Waals surface area contributed by atoms with Gasteiger partial charge in [-0.05, 0) is 61.2 Å². The van der Waals surface area contributed by atoms with Gasteiger partial charge in [-0.3, -0.25) is 4.79 Å². The lowest BCUT2D eigenvalue weighted by molar-refractivity contribution is -0.149. The van der Waals surface area contributed by atoms with Gasteiger partial charge in [0.1, 0.15) is 17.0 Å². The molecule has 1 heterocycles. The number of nitrogens with one attached hydrogen (secondary N) is 2. The third kappa shape index (κ3) is 4.45. The molecule has 1 amide bonds. The first kappa shape index (κ1) is 21.4. The summed E-state index contributed by atoms with van der Waals surface area (Å²) >= 11 is 6.03. The van der Waals surface area contributed by atoms with Gasteiger partial charge in [-0.25, -0.2) is 4.79 Å². The zero-order valence-corrected chi connectivity index (χ0v) is 18.1. The van der Waals surface area contributed by atoms with Crippen LogP contribution in [-0.4, -0.2) is 30.1 Å². The number of fused-ring (bicyclic) bond motifs is 1. The van der Waals surface area contributed by atoms with E-state index in [9.17, 15) is 9.59 Å². The van der Waals surface area contributed by atoms with Crippen LogP contribution in [0.3, 0.4) is 0 Å². The summed E-state index contributed by atoms with van der Waals surface area (Å²) in [5.74, 6) is 0.602. The fourth-order valence-electron chi connectivity index (χ4n) is 3.97. The minimum absolute atomic E-state index is 0.107. The number of hydrogen-bond donors (Lipinski definition) is 2. The van der Waals surface area contributed by atoms with Gasteiger partial charge in [-0.2, -0.15) is 0 Å². The highest BCUT2D eigenvalue weighted by Gasteiger charge is 2.61. The molecule has 2 N–H and O–H groups in total. The van der Waals surface area contributed by atoms with Crippen molar-refractivity contribution in [3.63, 3.8) is 0 Å². The first-order valence-corrected chi connectivity index (χ1v) is 10.7. The predicted molar refractivity (Wildman–Crippen MR) is 118 cm³/mol. The van der Waals surface area contributed by atoms with Crippen LogP contribution >= 0.6 is 11.6 Å². The maximum atomic E-state index is 13.0. The van der Waals surface area contributed by atoms with Crippen LogP contribution in [0.4, 0.5) is 0 Å². The second kappa shape index (κ2) is 8.73. The SMILES string of the molecule is C=C[C@@H]1CC1(NC(=O)[C@@H]1Cc2cc(Oc3cccc(Cl)c3)ccc2CN1)C(=O)OCC. The van der Waals surface area contributed by atoms with Crippen molar-refractivity contribution in [3.8, 4) is 11.5 Å². The van der Waals surface area contributed by atoms with Crippen LogP contribution in [-0.2, 0) is 27.3 Å². The molecule has 6 nitrogen and oxygen atoms in total. The van der Waals surface area contributed by atoms with Crippen molar-refractivity contribution < 1.29 is 19.1 Å². The molecule has 31 heavy (non-hydrogen) atoms. The van der Waals surface area contributed by atoms with E-state index in [4.69, 9.17) is 21.1 Å². The average molecular weight is 441 g/mol. The number of rotatable bonds is 7. The van der Waals surface area contributed by atoms with Crippen LogP contribution in [0.2, 0.25) is 5.02 Å². The molecule has 1 saturated carbocycles. The van der Waals surface area contributed by atoms with E-state index in [0.717, 1.165) is 11.1 Å². The zero-order chi connectivity index (χ0) is 22.0. The van der Waals surface area contributed by atoms with E-state index in [1.807, 2.05) is 30.3 Å². The number of carbonyl (C=O) groups excluding carboxylic acids is 2. The van der Waals surface area contributed by atoms with Crippen molar-refractivity contribution in [2.24, 2.45) is 5.92 Å². The number of amides is 1. The fraction of sp³-hybridized carbons (Fsp3) is 0.333. The lowest BCUT2D eigenvalue weighted by atomic mass is 9.94. The average Bonchev–Trinajstić information content (AvgIpc) is 3.47. The van der Waals surface area contributed by atoms with Gasteiger partial charge in [0, 0.05) is 17.5 Å². The van der Waals surface area contributed by atoms with Crippen molar-refractivity contribution >= 4 is 23.5 Å². The van der Waals surface area contributed by atoms with Gasteiger partial charge < -0.3 is 20.1 Å². The summed E-state index contributed by atoms with van der Waals surface area (Å²) < 4.78 is 11.1. The van der Waals surface area contributed by atoms with Gasteiger partial charge >= 0.3 is 5.97 Å². The molecule has 0 bridgehead atoms. The molecule has 0 aromatic heterocycles. The lowest BCUT2D eigenvalue weighted by Gasteiger charge is -2.27. The highest BCUT2D eigenvalue weighted by Crippen LogP contribution is 2.45. The number of halogens is 1. The highest BCUT2D eigenvalue weighted by atomic mass is 35.5. The van der Waals surface area contributed by atoms with Gasteiger partial charge in [-0.15, -0.1) is 6.58 Å². The van der Waals surface area contributed by atoms with Gasteiger partial charge in [0.05, 0.1) is 12.6 Å². The lowest BCUT2D eigenvalue weighted by Crippen LogP contribution is -2.54. The van der Waals surface area contributed by atoms with Crippen molar-refractivity contribution in [1.82, 2.24) is 10.6 Å². The molecule has 2 aliphatic rings. The van der Waals surface area contributed by atoms with Crippen LogP contribution in [0, 0.1) is 5.92 Å². The number of carbonyl (C=O) groups is 2. The molecule has 0 spiro atoms. The Bertz CT molecular complexity index is 1020. The molecule has 162 valence electrons. The van der Waals surface area contributed by atoms with Crippen molar-refractivity contribution in [2.45, 2.75) is 37.9 Å². The highest BCUT2D eigenvalue weighted by molar-refractivity contribution is 6.30. The molecule has 1 unspecified atom stereocenters. The smallest absolute Gasteiger partial charge is 0.332 e. The van der Waals surface area contributed by atoms with Crippen molar-refractivity contribution in [1.29, 1.82) is 0 Å². The monoisotopic (exact) mass is 440 g/mol. The van der Waals surface area contributed by atoms with E-state index in [1.165, 1.54) is 0 Å². The maximum absolute atomic E-state index is 13.0. The van der Waals surface area contributed by atoms with Gasteiger partial charge in [0.15, 0.2) is 0 Å². The first-order valence-electron chi connectivity index (χ1n) is 10.4. The van der Waals surface area contributed by atoms with Crippen LogP contribution in [0.25, 0.3) is 0 Å². The first-order chi connectivity index (χ1) is 14.9. The molecule has 1 aliphatic carbocycles. The Morgan fingerprint density at radius 3 is 2.77 bits per heavy atom. The summed E-state index contributed by atoms with van der Waals surface area (Å²) in [5.41, 5.74) is 1.15. The molecule has 3 atom stereocenters. The van der Waals surface area contributed by atoms with Gasteiger partial charge in [-0.1, -0.05) is 29.8 Å². The largest absolute Gasteiger partial charge is 0.464 e. The van der Waals surface area contributed by atoms with Crippen molar-refractivity contribution in [2.75, 3.05) is 6.61 Å². The Labute approximate surface area is 186 Å². The van der Waals surface area contributed by atoms with E-state index in [0.29, 0.717) is 35.9 Å². The second-order valence-electron chi connectivity index (χ2n) is 7.85. The van der Waals surface area contributed by atoms with Gasteiger partial charge in [0.25, 0.3) is 0 Å². The van der Waals surface area contributed by atoms with E-state index in [2.05, 4.69) is 17.2 Å². The molecule has 2 aromatic carbocycles. The van der Waals surface area contributed by atoms with E-state index >= 15 is 0 Å². The Morgan fingerprint density at radius 1 is 1.26 bits per heavy atom. The minimum atomic E-state index is -0.992. The Kier molecular flexibility index (Phi) is 6.03. The Hall–Kier alpha value is -2.83. The summed E-state index contributed by atoms with van der Waals surface area (Å²) in [6.45, 7) is 6.34. The predicted octanol–water partition coefficient (Wildman–Crippen LogP) is 3.77. The summed E-state index contributed by atoms with van der Waals surface area (Å²) in [6.07, 6.45) is 2.70. The van der Waals surface area contributed by atoms with Crippen LogP contribution in [0.1, 0.15) is 24.5 Å². The second-order valence-corrected chi connectivity index (χ2v) is 8.29. The summed E-state index contributed by atoms with van der Waals surface area (Å²) in [6, 6.07) is 12.6. The van der Waals surface area contributed by atoms with Crippen molar-refractivity contribution in [3.05, 3.63) is 71.3 Å². The normalized spacial score (nSPS) is 23.9. The van der Waals surface area contributed by atoms with Crippen LogP contribution in [0.5, 0.6) is 11.5 Å². The number of ether oxygens (including phenoxy) is 2. The number of esters is 1. The molecule has 0 radical (unpaired) electrons. The minimum Gasteiger partial charge on any atom is -0.464 e. The molecule has 2 aromatic rings. The summed E-state index contributed by atoms with van der Waals surface area (Å²) in [5, 5.41) is 6.78. The number of benzene rings is 2. The Balaban J connectivity index is 1.46. The van der Waals surface area contributed by atoms with E-state index < -0.39 is 17.6 Å². The molecular weight excluding hydrogens is 416 g/mol. The van der Waals surface area contributed by atoms with Crippen LogP contribution in [0.15, 0.2) is 55.1 Å². The fourth-order valence-corrected chi connectivity index (χ4v) is 4.15. The van der Waals surface area contributed by atoms with Gasteiger partial charge in [0.2, 0.25) is 5.91 Å². The standard InChI is InChI=1S/C24H25ClN2O4/c1-3-17-13-24(17,23(29)30-4-2)27-22(28)21-11-16-10-20(9-8-15(16)14-26-21)31-19-7-5-6-18(25)12-19/h3,5-10,12,17,21,26H,1,4,11,13-14H2,2H3,(H,27,28)/t17-,21+,24?/m1/s1. The molecule has 4 rings (SSSR count). The number of hydrogen-bond acceptors (Lipinski definition) is 5. The molecular formula is C24H25ClN2O4. The third-order valence-corrected chi connectivity index (χ3v) is 6.01. The Morgan fingerprint density at radius 2 is 2.06 bits per heavy atom. The molecule has 0 saturated heterocycles. The van der Waals surface area contributed by atoms with E-state index in [-0.39, 0.29) is 18.4 Å². The quantitative estimate of drug-likeness (QED) is 0.506. The maximum Gasteiger partial charge on any atom is 0.332 e. The molecule has 7 heteroatoms. The van der Waals surface area contributed by atoms with Crippen LogP contribution < -0.4 is 15.4 Å². The summed E-state index contributed by atoms with van der Waals surface area (Å²) in [4.78, 5) is 25.4. The zero-order valence-electron chi connectivity index (χ0n) is 17.3.